The van der Waals surface area contributed by atoms with E-state index in [1.165, 1.54) is 0 Å². The fraction of sp³-hybridized carbons (Fsp3) is 1.00. The van der Waals surface area contributed by atoms with E-state index < -0.39 is 21.8 Å². The van der Waals surface area contributed by atoms with Gasteiger partial charge in [-0.25, -0.2) is 4.21 Å². The molecule has 56 valence electrons. The van der Waals surface area contributed by atoms with Crippen LogP contribution in [0.4, 0.5) is 7.77 Å². The molecule has 1 unspecified atom stereocenters. The van der Waals surface area contributed by atoms with Crippen LogP contribution in [0.1, 0.15) is 0 Å². The molecule has 0 amide bonds. The van der Waals surface area contributed by atoms with Crippen LogP contribution in [0, 0.1) is 0 Å². The van der Waals surface area contributed by atoms with Crippen LogP contribution < -0.4 is 0 Å². The Labute approximate surface area is 53.8 Å². The largest absolute Gasteiger partial charge is 0.382 e. The maximum absolute atomic E-state index is 11.2. The molecule has 0 fully saturated rings. The molecule has 0 saturated carbocycles. The summed E-state index contributed by atoms with van der Waals surface area (Å²) in [6, 6.07) is 0. The second kappa shape index (κ2) is 3.18. The van der Waals surface area contributed by atoms with E-state index in [-0.39, 0.29) is 0 Å². The van der Waals surface area contributed by atoms with E-state index in [0.717, 1.165) is 7.11 Å². The molecule has 0 aromatic carbocycles. The van der Waals surface area contributed by atoms with Crippen molar-refractivity contribution in [1.82, 2.24) is 0 Å². The Morgan fingerprint density at radius 1 is 1.67 bits per heavy atom. The van der Waals surface area contributed by atoms with Gasteiger partial charge < -0.3 is 0 Å². The zero-order valence-electron chi connectivity index (χ0n) is 4.24. The summed E-state index contributed by atoms with van der Waals surface area (Å²) in [5.41, 5.74) is 0. The van der Waals surface area contributed by atoms with Gasteiger partial charge in [-0.05, 0) is 0 Å². The molecule has 0 saturated heterocycles. The van der Waals surface area contributed by atoms with E-state index in [0.29, 0.717) is 0 Å². The highest BCUT2D eigenvalue weighted by atomic mass is 32.3. The summed E-state index contributed by atoms with van der Waals surface area (Å²) in [6.07, 6.45) is 0. The van der Waals surface area contributed by atoms with Gasteiger partial charge in [-0.1, -0.05) is 11.5 Å². The first-order valence-corrected chi connectivity index (χ1v) is 3.93. The molecule has 0 spiro atoms. The molecular weight excluding hydrogens is 176 g/mol. The molecule has 4 nitrogen and oxygen atoms in total. The zero-order chi connectivity index (χ0) is 7.49. The molecule has 1 atom stereocenters. The first-order chi connectivity index (χ1) is 3.95. The molecule has 0 bridgehead atoms. The second-order valence-electron chi connectivity index (χ2n) is 0.855. The van der Waals surface area contributed by atoms with Crippen LogP contribution in [0.5, 0.6) is 0 Å². The van der Waals surface area contributed by atoms with Gasteiger partial charge in [0, 0.05) is 0 Å². The van der Waals surface area contributed by atoms with E-state index in [4.69, 9.17) is 0 Å². The van der Waals surface area contributed by atoms with Gasteiger partial charge in [-0.3, -0.25) is 4.18 Å². The lowest BCUT2D eigenvalue weighted by atomic mass is 11.8. The quantitative estimate of drug-likeness (QED) is 0.578. The van der Waals surface area contributed by atoms with Gasteiger partial charge in [-0.2, -0.15) is 4.21 Å². The normalized spacial score (nSPS) is 15.0. The van der Waals surface area contributed by atoms with Crippen LogP contribution in [0.3, 0.4) is 0 Å². The molecule has 9 heavy (non-hydrogen) atoms. The van der Waals surface area contributed by atoms with Crippen LogP contribution in [-0.4, -0.2) is 15.5 Å². The monoisotopic (exact) mass is 179 g/mol. The SMILES string of the molecule is COS(=O)N=S(=O)(F)F. The number of nitrogens with zero attached hydrogens (tertiary/aromatic N) is 1. The first kappa shape index (κ1) is 8.92. The molecule has 0 rings (SSSR count). The predicted molar refractivity (Wildman–Crippen MR) is 27.9 cm³/mol. The molecule has 0 N–H and O–H groups in total. The van der Waals surface area contributed by atoms with Gasteiger partial charge in [0.2, 0.25) is 0 Å². The number of hydrogen-bond acceptors (Lipinski definition) is 3. The predicted octanol–water partition coefficient (Wildman–Crippen LogP) is 0.449. The fourth-order valence-electron chi connectivity index (χ4n) is 0.101. The topological polar surface area (TPSA) is 55.7 Å². The highest BCUT2D eigenvalue weighted by Crippen LogP contribution is 2.00. The Morgan fingerprint density at radius 3 is 2.22 bits per heavy atom. The van der Waals surface area contributed by atoms with Crippen molar-refractivity contribution in [3.8, 4) is 0 Å². The Bertz CT molecular complexity index is 210. The lowest BCUT2D eigenvalue weighted by Gasteiger charge is -1.84. The van der Waals surface area contributed by atoms with E-state index >= 15 is 0 Å². The van der Waals surface area contributed by atoms with Crippen molar-refractivity contribution < 1.29 is 20.4 Å². The third-order valence-corrected chi connectivity index (χ3v) is 1.76. The van der Waals surface area contributed by atoms with Crippen molar-refractivity contribution >= 4 is 21.8 Å². The molecule has 0 aliphatic heterocycles. The number of rotatable bonds is 2. The molecule has 0 aromatic heterocycles. The average molecular weight is 179 g/mol. The van der Waals surface area contributed by atoms with Crippen LogP contribution in [0.2, 0.25) is 0 Å². The van der Waals surface area contributed by atoms with Crippen molar-refractivity contribution in [2.45, 2.75) is 0 Å². The van der Waals surface area contributed by atoms with Gasteiger partial charge in [0.05, 0.1) is 7.11 Å². The molecule has 8 heteroatoms. The van der Waals surface area contributed by atoms with Crippen molar-refractivity contribution in [1.29, 1.82) is 0 Å². The van der Waals surface area contributed by atoms with Crippen molar-refractivity contribution in [2.24, 2.45) is 3.77 Å². The summed E-state index contributed by atoms with van der Waals surface area (Å²) >= 11 is -2.50. The second-order valence-corrected chi connectivity index (χ2v) is 3.01. The Hall–Kier alpha value is -0.0800. The molecule has 0 aromatic rings. The highest BCUT2D eigenvalue weighted by molar-refractivity contribution is 7.93. The summed E-state index contributed by atoms with van der Waals surface area (Å²) in [7, 11) is -4.38. The maximum Gasteiger partial charge on any atom is 0.382 e. The summed E-state index contributed by atoms with van der Waals surface area (Å²) < 4.78 is 47.5. The maximum atomic E-state index is 11.2. The summed E-state index contributed by atoms with van der Waals surface area (Å²) in [4.78, 5) is 0. The standard InChI is InChI=1S/CH3F2NO3S2/c1-7-8(5)4-9(2,3)6/h1H3. The van der Waals surface area contributed by atoms with E-state index in [1.54, 1.807) is 0 Å². The van der Waals surface area contributed by atoms with E-state index in [9.17, 15) is 16.2 Å². The molecule has 0 radical (unpaired) electrons. The third-order valence-electron chi connectivity index (χ3n) is 0.290. The van der Waals surface area contributed by atoms with Crippen LogP contribution in [-0.2, 0) is 26.0 Å². The van der Waals surface area contributed by atoms with E-state index in [1.807, 2.05) is 3.77 Å². The molecule has 0 aliphatic rings. The van der Waals surface area contributed by atoms with Crippen molar-refractivity contribution in [3.05, 3.63) is 0 Å². The van der Waals surface area contributed by atoms with Crippen LogP contribution >= 0.6 is 0 Å². The minimum atomic E-state index is -5.29. The third kappa shape index (κ3) is 5.80. The number of hydrogen-bond donors (Lipinski definition) is 0. The smallest absolute Gasteiger partial charge is 0.275 e. The van der Waals surface area contributed by atoms with Gasteiger partial charge >= 0.3 is 10.5 Å². The summed E-state index contributed by atoms with van der Waals surface area (Å²) in [5, 5.41) is 0. The minimum Gasteiger partial charge on any atom is -0.275 e. The summed E-state index contributed by atoms with van der Waals surface area (Å²) in [6.45, 7) is 0. The lowest BCUT2D eigenvalue weighted by molar-refractivity contribution is 0.446. The van der Waals surface area contributed by atoms with Crippen LogP contribution in [0.25, 0.3) is 0 Å². The Morgan fingerprint density at radius 2 is 2.11 bits per heavy atom. The fourth-order valence-corrected chi connectivity index (χ4v) is 0.912. The first-order valence-electron chi connectivity index (χ1n) is 1.58. The van der Waals surface area contributed by atoms with Crippen molar-refractivity contribution in [3.63, 3.8) is 0 Å². The average Bonchev–Trinajstić information content (AvgIpc) is 1.62. The lowest BCUT2D eigenvalue weighted by Crippen LogP contribution is -1.88. The van der Waals surface area contributed by atoms with Crippen molar-refractivity contribution in [2.75, 3.05) is 7.11 Å². The minimum absolute atomic E-state index is 0.908. The van der Waals surface area contributed by atoms with Gasteiger partial charge in [0.25, 0.3) is 11.3 Å². The molecule has 0 aliphatic carbocycles. The van der Waals surface area contributed by atoms with Gasteiger partial charge in [-0.15, -0.1) is 0 Å². The Kier molecular flexibility index (Phi) is 3.15. The van der Waals surface area contributed by atoms with E-state index in [2.05, 4.69) is 4.18 Å². The summed E-state index contributed by atoms with van der Waals surface area (Å²) in [5.74, 6) is 0. The highest BCUT2D eigenvalue weighted by Gasteiger charge is 2.04. The molecule has 0 heterocycles. The molecular formula is CH3F2NO3S2. The number of halogens is 2. The van der Waals surface area contributed by atoms with Gasteiger partial charge in [0.15, 0.2) is 0 Å². The van der Waals surface area contributed by atoms with Crippen LogP contribution in [0.15, 0.2) is 3.77 Å². The zero-order valence-corrected chi connectivity index (χ0v) is 5.88. The van der Waals surface area contributed by atoms with Gasteiger partial charge in [0.1, 0.15) is 0 Å². The Balaban J connectivity index is 4.33.